The lowest BCUT2D eigenvalue weighted by atomic mass is 10.1. The Morgan fingerprint density at radius 1 is 1.17 bits per heavy atom. The van der Waals surface area contributed by atoms with Gasteiger partial charge in [-0.2, -0.15) is 0 Å². The predicted octanol–water partition coefficient (Wildman–Crippen LogP) is 3.34. The minimum absolute atomic E-state index is 0.0901. The van der Waals surface area contributed by atoms with E-state index in [-0.39, 0.29) is 11.7 Å². The molecular weight excluding hydrogens is 456 g/mol. The molecule has 0 saturated carbocycles. The zero-order chi connectivity index (χ0) is 24.7. The summed E-state index contributed by atoms with van der Waals surface area (Å²) in [4.78, 5) is 18.2. The van der Waals surface area contributed by atoms with Gasteiger partial charge in [0.1, 0.15) is 5.75 Å². The molecule has 1 saturated heterocycles. The van der Waals surface area contributed by atoms with E-state index in [0.29, 0.717) is 38.3 Å². The summed E-state index contributed by atoms with van der Waals surface area (Å²) in [5.41, 5.74) is 2.64. The average molecular weight is 489 g/mol. The van der Waals surface area contributed by atoms with Gasteiger partial charge in [-0.15, -0.1) is 5.10 Å². The van der Waals surface area contributed by atoms with Gasteiger partial charge >= 0.3 is 0 Å². The summed E-state index contributed by atoms with van der Waals surface area (Å²) in [7, 11) is 0. The summed E-state index contributed by atoms with van der Waals surface area (Å²) in [6.45, 7) is 5.73. The number of ether oxygens (including phenoxy) is 2. The van der Waals surface area contributed by atoms with Crippen molar-refractivity contribution < 1.29 is 9.47 Å². The van der Waals surface area contributed by atoms with Crippen molar-refractivity contribution in [1.82, 2.24) is 30.1 Å². The molecule has 0 radical (unpaired) electrons. The Kier molecular flexibility index (Phi) is 7.68. The van der Waals surface area contributed by atoms with Crippen molar-refractivity contribution in [1.29, 1.82) is 0 Å². The molecule has 9 heteroatoms. The minimum atomic E-state index is -0.0901. The number of hydrogen-bond donors (Lipinski definition) is 1. The normalized spacial score (nSPS) is 15.7. The van der Waals surface area contributed by atoms with Gasteiger partial charge in [0.2, 0.25) is 0 Å². The second kappa shape index (κ2) is 11.5. The van der Waals surface area contributed by atoms with Crippen molar-refractivity contribution in [3.8, 4) is 5.75 Å². The average Bonchev–Trinajstić information content (AvgIpc) is 3.56. The molecule has 3 heterocycles. The molecule has 2 aromatic carbocycles. The maximum atomic E-state index is 13.0. The highest BCUT2D eigenvalue weighted by Crippen LogP contribution is 2.21. The Balaban J connectivity index is 1.36. The molecule has 4 aromatic rings. The van der Waals surface area contributed by atoms with Crippen LogP contribution in [0, 0.1) is 0 Å². The van der Waals surface area contributed by atoms with Gasteiger partial charge in [0.05, 0.1) is 19.3 Å². The molecular formula is C27H32N6O3. The largest absolute Gasteiger partial charge is 0.494 e. The van der Waals surface area contributed by atoms with Crippen LogP contribution in [0.2, 0.25) is 0 Å². The Morgan fingerprint density at radius 3 is 2.86 bits per heavy atom. The Morgan fingerprint density at radius 2 is 2.06 bits per heavy atom. The zero-order valence-electron chi connectivity index (χ0n) is 20.6. The first-order valence-electron chi connectivity index (χ1n) is 12.6. The minimum Gasteiger partial charge on any atom is -0.494 e. The number of benzene rings is 2. The predicted molar refractivity (Wildman–Crippen MR) is 137 cm³/mol. The Hall–Kier alpha value is -3.56. The molecule has 1 aliphatic rings. The first-order chi connectivity index (χ1) is 17.7. The van der Waals surface area contributed by atoms with E-state index < -0.39 is 0 Å². The summed E-state index contributed by atoms with van der Waals surface area (Å²) in [6.07, 6.45) is 3.06. The first-order valence-corrected chi connectivity index (χ1v) is 12.6. The van der Waals surface area contributed by atoms with Crippen LogP contribution in [0.15, 0.2) is 59.4 Å². The van der Waals surface area contributed by atoms with Gasteiger partial charge in [0, 0.05) is 42.7 Å². The number of tetrazole rings is 1. The molecule has 5 rings (SSSR count). The zero-order valence-corrected chi connectivity index (χ0v) is 20.6. The summed E-state index contributed by atoms with van der Waals surface area (Å²) < 4.78 is 13.4. The number of H-pyrrole nitrogens is 1. The molecule has 0 aliphatic carbocycles. The number of rotatable bonds is 11. The third-order valence-corrected chi connectivity index (χ3v) is 6.51. The van der Waals surface area contributed by atoms with Crippen molar-refractivity contribution >= 4 is 10.9 Å². The van der Waals surface area contributed by atoms with Crippen LogP contribution in [0.1, 0.15) is 36.7 Å². The van der Waals surface area contributed by atoms with Crippen molar-refractivity contribution in [2.75, 3.05) is 19.8 Å². The van der Waals surface area contributed by atoms with E-state index in [2.05, 4.69) is 37.5 Å². The van der Waals surface area contributed by atoms with E-state index in [1.54, 1.807) is 0 Å². The fourth-order valence-corrected chi connectivity index (χ4v) is 4.70. The highest BCUT2D eigenvalue weighted by molar-refractivity contribution is 5.80. The van der Waals surface area contributed by atoms with Crippen LogP contribution in [0.5, 0.6) is 5.75 Å². The van der Waals surface area contributed by atoms with Crippen LogP contribution in [0.3, 0.4) is 0 Å². The van der Waals surface area contributed by atoms with Gasteiger partial charge in [0.15, 0.2) is 5.82 Å². The molecule has 188 valence electrons. The fraction of sp³-hybridized carbons (Fsp3) is 0.407. The number of nitrogens with one attached hydrogen (secondary N) is 1. The second-order valence-electron chi connectivity index (χ2n) is 9.16. The molecule has 0 spiro atoms. The Labute approximate surface area is 210 Å². The molecule has 2 aromatic heterocycles. The molecule has 0 amide bonds. The summed E-state index contributed by atoms with van der Waals surface area (Å²) in [5, 5.41) is 13.4. The smallest absolute Gasteiger partial charge is 0.252 e. The highest BCUT2D eigenvalue weighted by Gasteiger charge is 2.22. The van der Waals surface area contributed by atoms with E-state index in [4.69, 9.17) is 9.47 Å². The van der Waals surface area contributed by atoms with Crippen LogP contribution in [-0.4, -0.2) is 56.0 Å². The summed E-state index contributed by atoms with van der Waals surface area (Å²) in [6, 6.07) is 18.0. The monoisotopic (exact) mass is 488 g/mol. The van der Waals surface area contributed by atoms with Gasteiger partial charge in [0.25, 0.3) is 5.56 Å². The lowest BCUT2D eigenvalue weighted by molar-refractivity contribution is 0.0663. The van der Waals surface area contributed by atoms with Gasteiger partial charge in [-0.05, 0) is 66.4 Å². The molecule has 0 bridgehead atoms. The van der Waals surface area contributed by atoms with Crippen LogP contribution >= 0.6 is 0 Å². The van der Waals surface area contributed by atoms with Gasteiger partial charge in [-0.3, -0.25) is 9.69 Å². The van der Waals surface area contributed by atoms with E-state index in [1.165, 1.54) is 5.56 Å². The van der Waals surface area contributed by atoms with E-state index in [9.17, 15) is 4.79 Å². The SMILES string of the molecule is CCOc1ccc2[nH]c(=O)c(CN(Cc3nnnn3CCc3ccccc3)C[C@H]3CCCO3)cc2c1. The summed E-state index contributed by atoms with van der Waals surface area (Å²) in [5.74, 6) is 1.57. The number of nitrogens with zero attached hydrogens (tertiary/aromatic N) is 5. The van der Waals surface area contributed by atoms with E-state index >= 15 is 0 Å². The van der Waals surface area contributed by atoms with Crippen molar-refractivity contribution in [2.24, 2.45) is 0 Å². The number of aryl methyl sites for hydroxylation is 2. The second-order valence-corrected chi connectivity index (χ2v) is 9.16. The number of hydrogen-bond acceptors (Lipinski definition) is 7. The quantitative estimate of drug-likeness (QED) is 0.346. The van der Waals surface area contributed by atoms with Gasteiger partial charge < -0.3 is 14.5 Å². The molecule has 1 aliphatic heterocycles. The molecule has 1 atom stereocenters. The molecule has 9 nitrogen and oxygen atoms in total. The molecule has 0 unspecified atom stereocenters. The first kappa shape index (κ1) is 24.1. The molecule has 1 fully saturated rings. The van der Waals surface area contributed by atoms with Crippen LogP contribution in [0.4, 0.5) is 0 Å². The third-order valence-electron chi connectivity index (χ3n) is 6.51. The fourth-order valence-electron chi connectivity index (χ4n) is 4.70. The van der Waals surface area contributed by atoms with Gasteiger partial charge in [-0.1, -0.05) is 30.3 Å². The van der Waals surface area contributed by atoms with E-state index in [0.717, 1.165) is 48.3 Å². The standard InChI is InChI=1S/C27H32N6O3/c1-2-35-23-10-11-25-21(16-23)15-22(27(34)28-25)17-32(18-24-9-6-14-36-24)19-26-29-30-31-33(26)13-12-20-7-4-3-5-8-20/h3-5,7-8,10-11,15-16,24H,2,6,9,12-14,17-19H2,1H3,(H,28,34)/t24-/m1/s1. The topological polar surface area (TPSA) is 98.2 Å². The third kappa shape index (κ3) is 5.98. The number of fused-ring (bicyclic) bond motifs is 1. The number of pyridine rings is 1. The maximum Gasteiger partial charge on any atom is 0.252 e. The maximum absolute atomic E-state index is 13.0. The van der Waals surface area contributed by atoms with Gasteiger partial charge in [-0.25, -0.2) is 4.68 Å². The van der Waals surface area contributed by atoms with Crippen LogP contribution in [-0.2, 0) is 30.8 Å². The lowest BCUT2D eigenvalue weighted by Crippen LogP contribution is -2.34. The summed E-state index contributed by atoms with van der Waals surface area (Å²) >= 11 is 0. The van der Waals surface area contributed by atoms with Crippen molar-refractivity contribution in [3.63, 3.8) is 0 Å². The highest BCUT2D eigenvalue weighted by atomic mass is 16.5. The number of aromatic amines is 1. The van der Waals surface area contributed by atoms with Crippen molar-refractivity contribution in [3.05, 3.63) is 81.9 Å². The molecule has 36 heavy (non-hydrogen) atoms. The number of aromatic nitrogens is 5. The lowest BCUT2D eigenvalue weighted by Gasteiger charge is -2.24. The Bertz CT molecular complexity index is 1330. The van der Waals surface area contributed by atoms with E-state index in [1.807, 2.05) is 54.1 Å². The van der Waals surface area contributed by atoms with Crippen LogP contribution in [0.25, 0.3) is 10.9 Å². The molecule has 1 N–H and O–H groups in total. The van der Waals surface area contributed by atoms with Crippen molar-refractivity contribution in [2.45, 2.75) is 51.9 Å². The van der Waals surface area contributed by atoms with Crippen LogP contribution < -0.4 is 10.3 Å².